The zero-order chi connectivity index (χ0) is 23.4. The highest BCUT2D eigenvalue weighted by atomic mass is 14.9. The molecule has 0 saturated heterocycles. The second-order valence-electron chi connectivity index (χ2n) is 8.99. The minimum atomic E-state index is 1.04. The minimum Gasteiger partial charge on any atom is -0.356 e. The molecule has 166 valence electrons. The average Bonchev–Trinajstić information content (AvgIpc) is 2.79. The number of nitrogens with one attached hydrogen (secondary N) is 1. The van der Waals surface area contributed by atoms with Crippen LogP contribution in [0.1, 0.15) is 46.7 Å². The van der Waals surface area contributed by atoms with Gasteiger partial charge >= 0.3 is 0 Å². The van der Waals surface area contributed by atoms with Crippen molar-refractivity contribution in [3.63, 3.8) is 0 Å². The molecule has 1 nitrogen and oxygen atoms in total. The summed E-state index contributed by atoms with van der Waals surface area (Å²) in [5, 5.41) is 5.83. The molecule has 1 N–H and O–H groups in total. The summed E-state index contributed by atoms with van der Waals surface area (Å²) in [5.74, 6) is 0. The lowest BCUT2D eigenvalue weighted by molar-refractivity contribution is 0.922. The molecule has 0 fully saturated rings. The maximum absolute atomic E-state index is 4.11. The van der Waals surface area contributed by atoms with Crippen LogP contribution in [0.5, 0.6) is 0 Å². The van der Waals surface area contributed by atoms with Gasteiger partial charge in [0.2, 0.25) is 0 Å². The largest absolute Gasteiger partial charge is 0.356 e. The summed E-state index contributed by atoms with van der Waals surface area (Å²) in [6.07, 6.45) is 2.30. The minimum absolute atomic E-state index is 1.04. The standard InChI is InChI=1S/C32H33N/c1-6-7-26-10-14-28(15-11-26)33-29-16-12-27(13-17-29)32(30-18-8-22(2)20-24(30)4)31-19-9-23(3)21-25(31)5/h8-21,33H,2,6-7H2,1,3-5H3/b32-30+. The average molecular weight is 432 g/mol. The third-order valence-corrected chi connectivity index (χ3v) is 6.17. The van der Waals surface area contributed by atoms with E-state index in [9.17, 15) is 0 Å². The molecule has 0 atom stereocenters. The number of hydrogen-bond acceptors (Lipinski definition) is 1. The monoisotopic (exact) mass is 431 g/mol. The lowest BCUT2D eigenvalue weighted by Gasteiger charge is -2.15. The molecule has 33 heavy (non-hydrogen) atoms. The van der Waals surface area contributed by atoms with Crippen LogP contribution in [-0.4, -0.2) is 0 Å². The van der Waals surface area contributed by atoms with Crippen molar-refractivity contribution in [2.45, 2.75) is 40.5 Å². The second-order valence-corrected chi connectivity index (χ2v) is 8.99. The first-order valence-electron chi connectivity index (χ1n) is 11.8. The SMILES string of the molecule is C=c1cc/c(=C(/c2ccc(Nc3ccc(CCC)cc3)cc2)c2ccc(C)cc2C)c(C)c1. The third-order valence-electron chi connectivity index (χ3n) is 6.17. The van der Waals surface area contributed by atoms with Crippen LogP contribution in [0.4, 0.5) is 11.4 Å². The zero-order valence-corrected chi connectivity index (χ0v) is 20.2. The summed E-state index contributed by atoms with van der Waals surface area (Å²) in [5.41, 5.74) is 11.2. The fraction of sp³-hybridized carbons (Fsp3) is 0.188. The lowest BCUT2D eigenvalue weighted by Crippen LogP contribution is -2.16. The van der Waals surface area contributed by atoms with Gasteiger partial charge in [0.25, 0.3) is 0 Å². The van der Waals surface area contributed by atoms with E-state index < -0.39 is 0 Å². The Kier molecular flexibility index (Phi) is 6.79. The number of benzene rings is 4. The highest BCUT2D eigenvalue weighted by molar-refractivity contribution is 5.82. The normalized spacial score (nSPS) is 11.9. The van der Waals surface area contributed by atoms with E-state index in [1.807, 2.05) is 0 Å². The molecule has 0 aliphatic carbocycles. The molecule has 4 aromatic rings. The number of aryl methyl sites for hydroxylation is 4. The third kappa shape index (κ3) is 5.26. The van der Waals surface area contributed by atoms with Crippen molar-refractivity contribution in [1.29, 1.82) is 0 Å². The van der Waals surface area contributed by atoms with Gasteiger partial charge in [-0.15, -0.1) is 0 Å². The topological polar surface area (TPSA) is 12.0 Å². The Morgan fingerprint density at radius 1 is 0.727 bits per heavy atom. The maximum atomic E-state index is 4.11. The fourth-order valence-electron chi connectivity index (χ4n) is 4.49. The smallest absolute Gasteiger partial charge is 0.0384 e. The van der Waals surface area contributed by atoms with E-state index in [-0.39, 0.29) is 0 Å². The molecule has 0 aromatic heterocycles. The van der Waals surface area contributed by atoms with Crippen molar-refractivity contribution in [3.05, 3.63) is 129 Å². The van der Waals surface area contributed by atoms with Crippen LogP contribution in [0.2, 0.25) is 0 Å². The van der Waals surface area contributed by atoms with Gasteiger partial charge in [0.1, 0.15) is 0 Å². The quantitative estimate of drug-likeness (QED) is 0.348. The van der Waals surface area contributed by atoms with E-state index in [1.54, 1.807) is 0 Å². The number of anilines is 2. The van der Waals surface area contributed by atoms with Gasteiger partial charge in [-0.1, -0.05) is 86.2 Å². The Labute approximate surface area is 198 Å². The molecule has 0 aliphatic heterocycles. The molecule has 0 unspecified atom stereocenters. The molecule has 4 rings (SSSR count). The Balaban J connectivity index is 1.75. The summed E-state index contributed by atoms with van der Waals surface area (Å²) >= 11 is 0. The van der Waals surface area contributed by atoms with Gasteiger partial charge < -0.3 is 5.32 Å². The first-order valence-corrected chi connectivity index (χ1v) is 11.8. The predicted molar refractivity (Wildman–Crippen MR) is 144 cm³/mol. The predicted octanol–water partition coefficient (Wildman–Crippen LogP) is 6.97. The van der Waals surface area contributed by atoms with Crippen LogP contribution >= 0.6 is 0 Å². The first kappa shape index (κ1) is 22.6. The molecule has 0 spiro atoms. The zero-order valence-electron chi connectivity index (χ0n) is 20.2. The molecular formula is C32H33N. The molecule has 0 radical (unpaired) electrons. The van der Waals surface area contributed by atoms with Gasteiger partial charge in [0.15, 0.2) is 0 Å². The summed E-state index contributed by atoms with van der Waals surface area (Å²) in [6.45, 7) is 12.8. The van der Waals surface area contributed by atoms with Gasteiger partial charge in [0.05, 0.1) is 0 Å². The molecule has 0 saturated carbocycles. The highest BCUT2D eigenvalue weighted by Gasteiger charge is 2.11. The molecule has 0 aliphatic rings. The summed E-state index contributed by atoms with van der Waals surface area (Å²) in [4.78, 5) is 0. The van der Waals surface area contributed by atoms with Gasteiger partial charge in [-0.2, -0.15) is 0 Å². The van der Waals surface area contributed by atoms with Crippen molar-refractivity contribution in [2.24, 2.45) is 0 Å². The van der Waals surface area contributed by atoms with Gasteiger partial charge in [-0.05, 0) is 95.3 Å². The van der Waals surface area contributed by atoms with Crippen LogP contribution in [0, 0.1) is 20.8 Å². The fourth-order valence-corrected chi connectivity index (χ4v) is 4.49. The molecular weight excluding hydrogens is 398 g/mol. The summed E-state index contributed by atoms with van der Waals surface area (Å²) in [6, 6.07) is 30.7. The van der Waals surface area contributed by atoms with Crippen LogP contribution < -0.4 is 15.8 Å². The number of rotatable bonds is 6. The van der Waals surface area contributed by atoms with E-state index in [0.717, 1.165) is 23.0 Å². The maximum Gasteiger partial charge on any atom is 0.0384 e. The second kappa shape index (κ2) is 9.92. The van der Waals surface area contributed by atoms with Crippen LogP contribution in [0.3, 0.4) is 0 Å². The van der Waals surface area contributed by atoms with E-state index in [4.69, 9.17) is 0 Å². The highest BCUT2D eigenvalue weighted by Crippen LogP contribution is 2.27. The van der Waals surface area contributed by atoms with E-state index in [0.29, 0.717) is 0 Å². The Bertz CT molecular complexity index is 1360. The van der Waals surface area contributed by atoms with Gasteiger partial charge in [-0.25, -0.2) is 0 Å². The number of hydrogen-bond donors (Lipinski definition) is 1. The Morgan fingerprint density at radius 3 is 2.00 bits per heavy atom. The Morgan fingerprint density at radius 2 is 1.39 bits per heavy atom. The molecule has 0 bridgehead atoms. The molecule has 0 heterocycles. The molecule has 4 aromatic carbocycles. The van der Waals surface area contributed by atoms with Gasteiger partial charge in [-0.3, -0.25) is 0 Å². The van der Waals surface area contributed by atoms with Gasteiger partial charge in [0, 0.05) is 11.4 Å². The summed E-state index contributed by atoms with van der Waals surface area (Å²) in [7, 11) is 0. The van der Waals surface area contributed by atoms with Crippen molar-refractivity contribution in [1.82, 2.24) is 0 Å². The molecule has 0 amide bonds. The van der Waals surface area contributed by atoms with Crippen LogP contribution in [0.25, 0.3) is 12.2 Å². The Hall–Kier alpha value is -3.58. The first-order chi connectivity index (χ1) is 15.9. The van der Waals surface area contributed by atoms with Crippen molar-refractivity contribution in [2.75, 3.05) is 5.32 Å². The van der Waals surface area contributed by atoms with E-state index in [1.165, 1.54) is 50.6 Å². The molecule has 1 heteroatoms. The lowest BCUT2D eigenvalue weighted by atomic mass is 9.90. The van der Waals surface area contributed by atoms with Crippen LogP contribution in [-0.2, 0) is 6.42 Å². The van der Waals surface area contributed by atoms with Crippen molar-refractivity contribution < 1.29 is 0 Å². The van der Waals surface area contributed by atoms with Crippen LogP contribution in [0.15, 0.2) is 84.9 Å². The van der Waals surface area contributed by atoms with Crippen molar-refractivity contribution in [3.8, 4) is 0 Å². The van der Waals surface area contributed by atoms with Crippen molar-refractivity contribution >= 4 is 23.5 Å². The van der Waals surface area contributed by atoms with E-state index in [2.05, 4.69) is 125 Å². The summed E-state index contributed by atoms with van der Waals surface area (Å²) < 4.78 is 0. The van der Waals surface area contributed by atoms with E-state index >= 15 is 0 Å².